The topological polar surface area (TPSA) is 117 Å². The Kier molecular flexibility index (Phi) is 4.99. The van der Waals surface area contributed by atoms with Gasteiger partial charge in [0.2, 0.25) is 5.91 Å². The van der Waals surface area contributed by atoms with Crippen molar-refractivity contribution in [3.8, 4) is 0 Å². The van der Waals surface area contributed by atoms with E-state index in [1.807, 2.05) is 0 Å². The largest absolute Gasteiger partial charge is 0.394 e. The molecule has 8 nitrogen and oxygen atoms in total. The zero-order valence-electron chi connectivity index (χ0n) is 11.0. The van der Waals surface area contributed by atoms with Crippen molar-refractivity contribution in [1.82, 2.24) is 15.5 Å². The monoisotopic (exact) mass is 290 g/mol. The first kappa shape index (κ1) is 14.7. The molecule has 0 spiro atoms. The summed E-state index contributed by atoms with van der Waals surface area (Å²) in [6.45, 7) is -0.522. The van der Waals surface area contributed by atoms with Crippen molar-refractivity contribution >= 4 is 17.6 Å². The van der Waals surface area contributed by atoms with Gasteiger partial charge in [-0.15, -0.1) is 0 Å². The molecule has 2 aromatic heterocycles. The van der Waals surface area contributed by atoms with E-state index < -0.39 is 18.6 Å². The number of hydrogen-bond donors (Lipinski definition) is 3. The highest BCUT2D eigenvalue weighted by Gasteiger charge is 2.20. The van der Waals surface area contributed by atoms with E-state index in [4.69, 9.17) is 0 Å². The van der Waals surface area contributed by atoms with Crippen molar-refractivity contribution in [2.45, 2.75) is 12.5 Å². The molecule has 3 N–H and O–H groups in total. The van der Waals surface area contributed by atoms with Crippen molar-refractivity contribution in [2.24, 2.45) is 0 Å². The first-order chi connectivity index (χ1) is 10.2. The molecule has 21 heavy (non-hydrogen) atoms. The van der Waals surface area contributed by atoms with Gasteiger partial charge in [-0.25, -0.2) is 0 Å². The van der Waals surface area contributed by atoms with Gasteiger partial charge in [-0.1, -0.05) is 5.16 Å². The average Bonchev–Trinajstić information content (AvgIpc) is 2.98. The molecule has 0 aliphatic rings. The van der Waals surface area contributed by atoms with Crippen molar-refractivity contribution in [1.29, 1.82) is 0 Å². The number of aliphatic hydroxyl groups excluding tert-OH is 1. The van der Waals surface area contributed by atoms with Crippen LogP contribution in [0, 0.1) is 0 Å². The fourth-order valence-corrected chi connectivity index (χ4v) is 1.62. The van der Waals surface area contributed by atoms with E-state index in [9.17, 15) is 14.7 Å². The van der Waals surface area contributed by atoms with Crippen molar-refractivity contribution < 1.29 is 19.2 Å². The molecule has 2 rings (SSSR count). The van der Waals surface area contributed by atoms with Crippen molar-refractivity contribution in [3.63, 3.8) is 0 Å². The third kappa shape index (κ3) is 4.39. The van der Waals surface area contributed by atoms with Gasteiger partial charge in [0.25, 0.3) is 5.91 Å². The second-order valence-corrected chi connectivity index (χ2v) is 4.21. The van der Waals surface area contributed by atoms with Crippen molar-refractivity contribution in [2.75, 3.05) is 11.9 Å². The molecular formula is C13H14N4O4. The number of amides is 2. The quantitative estimate of drug-likeness (QED) is 0.674. The molecule has 2 aromatic rings. The number of aromatic nitrogens is 2. The summed E-state index contributed by atoms with van der Waals surface area (Å²) in [7, 11) is 0. The Bertz CT molecular complexity index is 585. The van der Waals surface area contributed by atoms with Crippen LogP contribution >= 0.6 is 0 Å². The van der Waals surface area contributed by atoms with Gasteiger partial charge in [-0.2, -0.15) is 0 Å². The Hall–Kier alpha value is -2.74. The van der Waals surface area contributed by atoms with E-state index in [0.29, 0.717) is 0 Å². The predicted molar refractivity (Wildman–Crippen MR) is 72.1 cm³/mol. The lowest BCUT2D eigenvalue weighted by Crippen LogP contribution is -2.46. The maximum absolute atomic E-state index is 11.9. The SMILES string of the molecule is O=C(Cc1ccncc1)N[C@@H](CO)C(=O)Nc1ccon1. The van der Waals surface area contributed by atoms with Crippen LogP contribution in [-0.4, -0.2) is 39.7 Å². The summed E-state index contributed by atoms with van der Waals surface area (Å²) in [5.74, 6) is -0.744. The Morgan fingerprint density at radius 1 is 1.29 bits per heavy atom. The number of carbonyl (C=O) groups excluding carboxylic acids is 2. The summed E-state index contributed by atoms with van der Waals surface area (Å²) in [4.78, 5) is 27.5. The molecule has 1 atom stereocenters. The molecule has 0 aliphatic carbocycles. The summed E-state index contributed by atoms with van der Waals surface area (Å²) in [5, 5.41) is 17.6. The van der Waals surface area contributed by atoms with Gasteiger partial charge >= 0.3 is 0 Å². The lowest BCUT2D eigenvalue weighted by atomic mass is 10.2. The summed E-state index contributed by atoms with van der Waals surface area (Å²) in [5.41, 5.74) is 0.760. The molecule has 2 amide bonds. The molecule has 0 fully saturated rings. The second-order valence-electron chi connectivity index (χ2n) is 4.21. The lowest BCUT2D eigenvalue weighted by molar-refractivity contribution is -0.126. The predicted octanol–water partition coefficient (Wildman–Crippen LogP) is -0.272. The van der Waals surface area contributed by atoms with E-state index in [1.165, 1.54) is 12.3 Å². The van der Waals surface area contributed by atoms with Gasteiger partial charge in [-0.3, -0.25) is 14.6 Å². The molecule has 110 valence electrons. The summed E-state index contributed by atoms with van der Waals surface area (Å²) < 4.78 is 4.57. The molecule has 0 aromatic carbocycles. The van der Waals surface area contributed by atoms with Crippen LogP contribution < -0.4 is 10.6 Å². The number of nitrogens with one attached hydrogen (secondary N) is 2. The van der Waals surface area contributed by atoms with Crippen LogP contribution in [0.4, 0.5) is 5.82 Å². The standard InChI is InChI=1S/C13H14N4O4/c18-8-10(13(20)16-11-3-6-21-17-11)15-12(19)7-9-1-4-14-5-2-9/h1-6,10,18H,7-8H2,(H,15,19)(H,16,17,20)/t10-/m0/s1. The third-order valence-corrected chi connectivity index (χ3v) is 2.64. The number of anilines is 1. The van der Waals surface area contributed by atoms with Gasteiger partial charge in [-0.05, 0) is 17.7 Å². The van der Waals surface area contributed by atoms with Crippen LogP contribution in [-0.2, 0) is 16.0 Å². The number of carbonyl (C=O) groups is 2. The molecule has 2 heterocycles. The van der Waals surface area contributed by atoms with Crippen LogP contribution in [0.5, 0.6) is 0 Å². The average molecular weight is 290 g/mol. The first-order valence-corrected chi connectivity index (χ1v) is 6.19. The fraction of sp³-hybridized carbons (Fsp3) is 0.231. The van der Waals surface area contributed by atoms with E-state index in [2.05, 4.69) is 25.3 Å². The number of aliphatic hydroxyl groups is 1. The Morgan fingerprint density at radius 3 is 2.67 bits per heavy atom. The van der Waals surface area contributed by atoms with Gasteiger partial charge in [0.05, 0.1) is 13.0 Å². The van der Waals surface area contributed by atoms with Crippen LogP contribution in [0.1, 0.15) is 5.56 Å². The molecule has 0 radical (unpaired) electrons. The minimum Gasteiger partial charge on any atom is -0.394 e. The third-order valence-electron chi connectivity index (χ3n) is 2.64. The Morgan fingerprint density at radius 2 is 2.05 bits per heavy atom. The van der Waals surface area contributed by atoms with Crippen molar-refractivity contribution in [3.05, 3.63) is 42.4 Å². The van der Waals surface area contributed by atoms with Crippen LogP contribution in [0.25, 0.3) is 0 Å². The summed E-state index contributed by atoms with van der Waals surface area (Å²) in [6, 6.07) is 3.79. The normalized spacial score (nSPS) is 11.7. The van der Waals surface area contributed by atoms with Gasteiger partial charge < -0.3 is 20.3 Å². The highest BCUT2D eigenvalue weighted by molar-refractivity contribution is 5.96. The van der Waals surface area contributed by atoms with Crippen LogP contribution in [0.3, 0.4) is 0 Å². The summed E-state index contributed by atoms with van der Waals surface area (Å²) >= 11 is 0. The zero-order valence-corrected chi connectivity index (χ0v) is 11.0. The molecule has 0 saturated carbocycles. The lowest BCUT2D eigenvalue weighted by Gasteiger charge is -2.15. The van der Waals surface area contributed by atoms with E-state index in [-0.39, 0.29) is 18.1 Å². The van der Waals surface area contributed by atoms with Crippen LogP contribution in [0.2, 0.25) is 0 Å². The molecule has 0 aliphatic heterocycles. The van der Waals surface area contributed by atoms with Gasteiger partial charge in [0.15, 0.2) is 5.82 Å². The molecule has 0 unspecified atom stereocenters. The molecule has 0 bridgehead atoms. The second kappa shape index (κ2) is 7.15. The maximum Gasteiger partial charge on any atom is 0.250 e. The van der Waals surface area contributed by atoms with E-state index in [0.717, 1.165) is 5.56 Å². The molecule has 8 heteroatoms. The highest BCUT2D eigenvalue weighted by Crippen LogP contribution is 2.02. The van der Waals surface area contributed by atoms with Gasteiger partial charge in [0.1, 0.15) is 12.3 Å². The first-order valence-electron chi connectivity index (χ1n) is 6.19. The highest BCUT2D eigenvalue weighted by atomic mass is 16.5. The van der Waals surface area contributed by atoms with E-state index >= 15 is 0 Å². The van der Waals surface area contributed by atoms with Gasteiger partial charge in [0, 0.05) is 18.5 Å². The maximum atomic E-state index is 11.9. The minimum absolute atomic E-state index is 0.0935. The fourth-order valence-electron chi connectivity index (χ4n) is 1.62. The number of nitrogens with zero attached hydrogens (tertiary/aromatic N) is 2. The zero-order chi connectivity index (χ0) is 15.1. The Labute approximate surface area is 120 Å². The van der Waals surface area contributed by atoms with E-state index in [1.54, 1.807) is 24.5 Å². The molecular weight excluding hydrogens is 276 g/mol. The number of rotatable bonds is 6. The number of hydrogen-bond acceptors (Lipinski definition) is 6. The minimum atomic E-state index is -1.06. The number of pyridine rings is 1. The molecule has 0 saturated heterocycles. The Balaban J connectivity index is 1.89. The van der Waals surface area contributed by atoms with Crippen LogP contribution in [0.15, 0.2) is 41.4 Å². The summed E-state index contributed by atoms with van der Waals surface area (Å²) in [6.07, 6.45) is 4.54. The smallest absolute Gasteiger partial charge is 0.250 e.